The van der Waals surface area contributed by atoms with E-state index in [0.717, 1.165) is 49.9 Å². The predicted octanol–water partition coefficient (Wildman–Crippen LogP) is 0.440. The van der Waals surface area contributed by atoms with E-state index in [1.165, 1.54) is 0 Å². The van der Waals surface area contributed by atoms with Gasteiger partial charge in [-0.1, -0.05) is 0 Å². The minimum absolute atomic E-state index is 0.0370. The number of hydrogen-bond acceptors (Lipinski definition) is 6. The average Bonchev–Trinajstić information content (AvgIpc) is 3.18. The van der Waals surface area contributed by atoms with Gasteiger partial charge in [-0.15, -0.1) is 0 Å². The van der Waals surface area contributed by atoms with Crippen LogP contribution in [-0.4, -0.2) is 63.9 Å². The lowest BCUT2D eigenvalue weighted by Gasteiger charge is -2.32. The molecular weight excluding hydrogens is 320 g/mol. The number of morpholine rings is 1. The van der Waals surface area contributed by atoms with E-state index in [4.69, 9.17) is 4.74 Å². The molecule has 1 saturated heterocycles. The van der Waals surface area contributed by atoms with Gasteiger partial charge >= 0.3 is 0 Å². The summed E-state index contributed by atoms with van der Waals surface area (Å²) < 4.78 is 7.25. The standard InChI is InChI=1S/C17H20N6O2/c24-16-9-14(11-22-5-7-25-8-6-22)17(21-20-16)13-1-2-15(19-10-13)23-4-3-18-12-23/h1-4,10,12,14H,5-9,11H2,(H,20,24). The van der Waals surface area contributed by atoms with Gasteiger partial charge in [-0.3, -0.25) is 14.3 Å². The molecule has 0 spiro atoms. The highest BCUT2D eigenvalue weighted by Crippen LogP contribution is 2.19. The van der Waals surface area contributed by atoms with Crippen molar-refractivity contribution in [1.29, 1.82) is 0 Å². The summed E-state index contributed by atoms with van der Waals surface area (Å²) in [5, 5.41) is 4.32. The van der Waals surface area contributed by atoms with Crippen LogP contribution < -0.4 is 5.43 Å². The third kappa shape index (κ3) is 3.59. The molecule has 4 heterocycles. The van der Waals surface area contributed by atoms with E-state index in [9.17, 15) is 4.79 Å². The Bertz CT molecular complexity index is 750. The van der Waals surface area contributed by atoms with Crippen LogP contribution in [0.15, 0.2) is 42.2 Å². The fourth-order valence-corrected chi connectivity index (χ4v) is 3.21. The van der Waals surface area contributed by atoms with E-state index in [-0.39, 0.29) is 11.8 Å². The summed E-state index contributed by atoms with van der Waals surface area (Å²) in [6.07, 6.45) is 7.52. The van der Waals surface area contributed by atoms with Gasteiger partial charge in [0.1, 0.15) is 12.1 Å². The highest BCUT2D eigenvalue weighted by molar-refractivity contribution is 6.05. The van der Waals surface area contributed by atoms with Crippen LogP contribution >= 0.6 is 0 Å². The fraction of sp³-hybridized carbons (Fsp3) is 0.412. The van der Waals surface area contributed by atoms with Gasteiger partial charge in [0.15, 0.2) is 0 Å². The van der Waals surface area contributed by atoms with E-state index < -0.39 is 0 Å². The fourth-order valence-electron chi connectivity index (χ4n) is 3.21. The van der Waals surface area contributed by atoms with Crippen LogP contribution in [0.2, 0.25) is 0 Å². The van der Waals surface area contributed by atoms with Gasteiger partial charge in [0.2, 0.25) is 5.91 Å². The number of rotatable bonds is 4. The maximum Gasteiger partial charge on any atom is 0.240 e. The summed E-state index contributed by atoms with van der Waals surface area (Å²) in [6, 6.07) is 3.92. The molecule has 2 aliphatic heterocycles. The highest BCUT2D eigenvalue weighted by atomic mass is 16.5. The number of aromatic nitrogens is 3. The van der Waals surface area contributed by atoms with Gasteiger partial charge in [-0.05, 0) is 12.1 Å². The van der Waals surface area contributed by atoms with Crippen molar-refractivity contribution in [3.63, 3.8) is 0 Å². The average molecular weight is 340 g/mol. The smallest absolute Gasteiger partial charge is 0.240 e. The van der Waals surface area contributed by atoms with Crippen molar-refractivity contribution in [3.05, 3.63) is 42.6 Å². The predicted molar refractivity (Wildman–Crippen MR) is 91.4 cm³/mol. The number of carbonyl (C=O) groups excluding carboxylic acids is 1. The Morgan fingerprint density at radius 2 is 2.16 bits per heavy atom. The number of ether oxygens (including phenoxy) is 1. The number of nitrogens with zero attached hydrogens (tertiary/aromatic N) is 5. The van der Waals surface area contributed by atoms with Crippen LogP contribution in [0.5, 0.6) is 0 Å². The van der Waals surface area contributed by atoms with Gasteiger partial charge in [0.25, 0.3) is 0 Å². The SMILES string of the molecule is O=C1CC(CN2CCOCC2)C(c2ccc(-n3ccnc3)nc2)=NN1. The van der Waals surface area contributed by atoms with Crippen molar-refractivity contribution in [3.8, 4) is 5.82 Å². The number of imidazole rings is 1. The Kier molecular flexibility index (Phi) is 4.53. The molecule has 0 aliphatic carbocycles. The molecule has 0 radical (unpaired) electrons. The number of amides is 1. The summed E-state index contributed by atoms with van der Waals surface area (Å²) in [6.45, 7) is 4.07. The van der Waals surface area contributed by atoms with Crippen molar-refractivity contribution >= 4 is 11.6 Å². The van der Waals surface area contributed by atoms with Crippen molar-refractivity contribution in [2.75, 3.05) is 32.8 Å². The molecule has 0 bridgehead atoms. The molecule has 2 aromatic heterocycles. The van der Waals surface area contributed by atoms with Crippen molar-refractivity contribution < 1.29 is 9.53 Å². The van der Waals surface area contributed by atoms with Gasteiger partial charge in [-0.2, -0.15) is 5.10 Å². The second-order valence-corrected chi connectivity index (χ2v) is 6.22. The first-order chi connectivity index (χ1) is 12.3. The highest BCUT2D eigenvalue weighted by Gasteiger charge is 2.28. The molecule has 4 rings (SSSR count). The van der Waals surface area contributed by atoms with Gasteiger partial charge in [-0.25, -0.2) is 15.4 Å². The van der Waals surface area contributed by atoms with E-state index in [1.54, 1.807) is 18.7 Å². The van der Waals surface area contributed by atoms with E-state index in [2.05, 4.69) is 25.4 Å². The zero-order valence-corrected chi connectivity index (χ0v) is 13.8. The Morgan fingerprint density at radius 3 is 2.88 bits per heavy atom. The van der Waals surface area contributed by atoms with Crippen LogP contribution in [0, 0.1) is 5.92 Å². The first-order valence-corrected chi connectivity index (χ1v) is 8.41. The Labute approximate surface area is 145 Å². The molecule has 1 amide bonds. The van der Waals surface area contributed by atoms with Crippen molar-refractivity contribution in [2.45, 2.75) is 6.42 Å². The summed E-state index contributed by atoms with van der Waals surface area (Å²) in [7, 11) is 0. The molecule has 8 nitrogen and oxygen atoms in total. The zero-order valence-electron chi connectivity index (χ0n) is 13.8. The maximum atomic E-state index is 11.8. The van der Waals surface area contributed by atoms with Crippen molar-refractivity contribution in [1.82, 2.24) is 24.9 Å². The molecule has 2 aliphatic rings. The maximum absolute atomic E-state index is 11.8. The van der Waals surface area contributed by atoms with Crippen LogP contribution in [0.1, 0.15) is 12.0 Å². The van der Waals surface area contributed by atoms with Gasteiger partial charge in [0, 0.05) is 56.1 Å². The van der Waals surface area contributed by atoms with E-state index >= 15 is 0 Å². The molecule has 2 aromatic rings. The quantitative estimate of drug-likeness (QED) is 0.873. The van der Waals surface area contributed by atoms with Gasteiger partial charge < -0.3 is 4.74 Å². The molecule has 1 unspecified atom stereocenters. The van der Waals surface area contributed by atoms with Crippen molar-refractivity contribution in [2.24, 2.45) is 11.0 Å². The largest absolute Gasteiger partial charge is 0.379 e. The summed E-state index contributed by atoms with van der Waals surface area (Å²) in [5.41, 5.74) is 4.42. The molecule has 1 fully saturated rings. The molecule has 8 heteroatoms. The molecule has 1 N–H and O–H groups in total. The molecule has 0 aromatic carbocycles. The number of hydrogen-bond donors (Lipinski definition) is 1. The zero-order chi connectivity index (χ0) is 17.1. The van der Waals surface area contributed by atoms with E-state index in [1.807, 2.05) is 22.9 Å². The molecule has 0 saturated carbocycles. The number of carbonyl (C=O) groups is 1. The number of hydrazone groups is 1. The second kappa shape index (κ2) is 7.12. The minimum atomic E-state index is -0.0370. The van der Waals surface area contributed by atoms with Crippen LogP contribution in [0.3, 0.4) is 0 Å². The lowest BCUT2D eigenvalue weighted by molar-refractivity contribution is -0.122. The van der Waals surface area contributed by atoms with Crippen LogP contribution in [0.25, 0.3) is 5.82 Å². The lowest BCUT2D eigenvalue weighted by atomic mass is 9.92. The lowest BCUT2D eigenvalue weighted by Crippen LogP contribution is -2.44. The molecular formula is C17H20N6O2. The second-order valence-electron chi connectivity index (χ2n) is 6.22. The topological polar surface area (TPSA) is 84.6 Å². The first-order valence-electron chi connectivity index (χ1n) is 8.41. The molecule has 1 atom stereocenters. The third-order valence-electron chi connectivity index (χ3n) is 4.51. The Balaban J connectivity index is 1.54. The van der Waals surface area contributed by atoms with Crippen LogP contribution in [0.4, 0.5) is 0 Å². The third-order valence-corrected chi connectivity index (χ3v) is 4.51. The van der Waals surface area contributed by atoms with Gasteiger partial charge in [0.05, 0.1) is 18.9 Å². The summed E-state index contributed by atoms with van der Waals surface area (Å²) >= 11 is 0. The molecule has 25 heavy (non-hydrogen) atoms. The Morgan fingerprint density at radius 1 is 1.28 bits per heavy atom. The minimum Gasteiger partial charge on any atom is -0.379 e. The Hall–Kier alpha value is -2.58. The van der Waals surface area contributed by atoms with E-state index in [0.29, 0.717) is 6.42 Å². The number of nitrogens with one attached hydrogen (secondary N) is 1. The van der Waals surface area contributed by atoms with Crippen LogP contribution in [-0.2, 0) is 9.53 Å². The number of pyridine rings is 1. The molecule has 130 valence electrons. The normalized spacial score (nSPS) is 21.7. The first kappa shape index (κ1) is 15.9. The monoisotopic (exact) mass is 340 g/mol. The summed E-state index contributed by atoms with van der Waals surface area (Å²) in [5.74, 6) is 0.823. The summed E-state index contributed by atoms with van der Waals surface area (Å²) in [4.78, 5) is 22.7.